The summed E-state index contributed by atoms with van der Waals surface area (Å²) >= 11 is 0. The molecule has 128 valence electrons. The summed E-state index contributed by atoms with van der Waals surface area (Å²) in [6.45, 7) is 1.84. The maximum atomic E-state index is 13.8. The fraction of sp³-hybridized carbons (Fsp3) is 0.211. The number of hydrogen-bond acceptors (Lipinski definition) is 3. The second-order valence-corrected chi connectivity index (χ2v) is 5.90. The predicted molar refractivity (Wildman–Crippen MR) is 92.5 cm³/mol. The van der Waals surface area contributed by atoms with E-state index in [1.807, 2.05) is 19.1 Å². The number of carbonyl (C=O) groups is 1. The van der Waals surface area contributed by atoms with Gasteiger partial charge in [-0.25, -0.2) is 4.39 Å². The lowest BCUT2D eigenvalue weighted by molar-refractivity contribution is 0.0751. The third-order valence-electron chi connectivity index (χ3n) is 4.31. The van der Waals surface area contributed by atoms with Crippen molar-refractivity contribution in [2.75, 3.05) is 7.05 Å². The third-order valence-corrected chi connectivity index (χ3v) is 4.31. The molecule has 1 atom stereocenters. The summed E-state index contributed by atoms with van der Waals surface area (Å²) in [5, 5.41) is 4.13. The highest BCUT2D eigenvalue weighted by molar-refractivity contribution is 5.95. The standard InChI is InChI=1S/C19H19FN4O/c1-13-16(12-22-24(13)3)19(25)23(2)18(17-9-4-5-10-21-17)14-7-6-8-15(20)11-14/h4-12,18H,1-3H3. The molecule has 25 heavy (non-hydrogen) atoms. The second-order valence-electron chi connectivity index (χ2n) is 5.90. The van der Waals surface area contributed by atoms with E-state index in [0.717, 1.165) is 5.69 Å². The van der Waals surface area contributed by atoms with Crippen LogP contribution in [0.25, 0.3) is 0 Å². The Hall–Kier alpha value is -3.02. The summed E-state index contributed by atoms with van der Waals surface area (Å²) < 4.78 is 15.4. The SMILES string of the molecule is Cc1c(C(=O)N(C)C(c2cccc(F)c2)c2ccccn2)cnn1C. The van der Waals surface area contributed by atoms with Gasteiger partial charge in [0.1, 0.15) is 5.82 Å². The first-order valence-corrected chi connectivity index (χ1v) is 7.91. The van der Waals surface area contributed by atoms with Crippen LogP contribution in [0.4, 0.5) is 4.39 Å². The van der Waals surface area contributed by atoms with Gasteiger partial charge < -0.3 is 4.90 Å². The van der Waals surface area contributed by atoms with Gasteiger partial charge in [-0.15, -0.1) is 0 Å². The van der Waals surface area contributed by atoms with Gasteiger partial charge in [0.2, 0.25) is 0 Å². The molecule has 0 bridgehead atoms. The van der Waals surface area contributed by atoms with E-state index < -0.39 is 6.04 Å². The molecule has 0 aliphatic heterocycles. The van der Waals surface area contributed by atoms with E-state index in [2.05, 4.69) is 10.1 Å². The van der Waals surface area contributed by atoms with Crippen LogP contribution in [-0.4, -0.2) is 32.6 Å². The number of rotatable bonds is 4. The molecule has 2 aromatic heterocycles. The molecule has 0 N–H and O–H groups in total. The Labute approximate surface area is 145 Å². The van der Waals surface area contributed by atoms with Crippen LogP contribution in [0.15, 0.2) is 54.9 Å². The number of nitrogens with zero attached hydrogens (tertiary/aromatic N) is 4. The monoisotopic (exact) mass is 338 g/mol. The van der Waals surface area contributed by atoms with Gasteiger partial charge in [-0.3, -0.25) is 14.5 Å². The summed E-state index contributed by atoms with van der Waals surface area (Å²) in [6.07, 6.45) is 3.21. The van der Waals surface area contributed by atoms with Gasteiger partial charge in [0.15, 0.2) is 0 Å². The predicted octanol–water partition coefficient (Wildman–Crippen LogP) is 3.12. The van der Waals surface area contributed by atoms with Gasteiger partial charge in [0, 0.05) is 26.0 Å². The molecule has 2 heterocycles. The number of carbonyl (C=O) groups excluding carboxylic acids is 1. The minimum absolute atomic E-state index is 0.189. The Bertz CT molecular complexity index is 891. The van der Waals surface area contributed by atoms with Crippen molar-refractivity contribution in [2.24, 2.45) is 7.05 Å². The topological polar surface area (TPSA) is 51.0 Å². The first kappa shape index (κ1) is 16.8. The number of halogens is 1. The lowest BCUT2D eigenvalue weighted by atomic mass is 10.0. The number of amides is 1. The van der Waals surface area contributed by atoms with Crippen LogP contribution >= 0.6 is 0 Å². The van der Waals surface area contributed by atoms with Crippen LogP contribution in [0.5, 0.6) is 0 Å². The summed E-state index contributed by atoms with van der Waals surface area (Å²) in [5.41, 5.74) is 2.62. The van der Waals surface area contributed by atoms with Crippen molar-refractivity contribution in [1.82, 2.24) is 19.7 Å². The average Bonchev–Trinajstić information content (AvgIpc) is 2.94. The van der Waals surface area contributed by atoms with Gasteiger partial charge in [-0.1, -0.05) is 18.2 Å². The van der Waals surface area contributed by atoms with Gasteiger partial charge >= 0.3 is 0 Å². The molecule has 3 rings (SSSR count). The third kappa shape index (κ3) is 3.28. The van der Waals surface area contributed by atoms with Crippen molar-refractivity contribution >= 4 is 5.91 Å². The Balaban J connectivity index is 2.05. The Morgan fingerprint density at radius 2 is 2.04 bits per heavy atom. The molecule has 0 saturated carbocycles. The van der Waals surface area contributed by atoms with Crippen molar-refractivity contribution in [3.8, 4) is 0 Å². The van der Waals surface area contributed by atoms with E-state index >= 15 is 0 Å². The Morgan fingerprint density at radius 1 is 1.24 bits per heavy atom. The highest BCUT2D eigenvalue weighted by atomic mass is 19.1. The lowest BCUT2D eigenvalue weighted by Gasteiger charge is -2.28. The second kappa shape index (κ2) is 6.84. The van der Waals surface area contributed by atoms with Crippen LogP contribution in [0.1, 0.15) is 33.4 Å². The molecule has 0 saturated heterocycles. The number of aryl methyl sites for hydroxylation is 1. The molecule has 0 aliphatic carbocycles. The molecule has 6 heteroatoms. The molecule has 1 amide bonds. The molecular formula is C19H19FN4O. The highest BCUT2D eigenvalue weighted by Gasteiger charge is 2.27. The zero-order valence-electron chi connectivity index (χ0n) is 14.3. The van der Waals surface area contributed by atoms with Crippen LogP contribution in [0, 0.1) is 12.7 Å². The molecule has 5 nitrogen and oxygen atoms in total. The fourth-order valence-electron chi connectivity index (χ4n) is 2.82. The van der Waals surface area contributed by atoms with E-state index in [9.17, 15) is 9.18 Å². The van der Waals surface area contributed by atoms with Crippen molar-refractivity contribution in [2.45, 2.75) is 13.0 Å². The van der Waals surface area contributed by atoms with E-state index in [4.69, 9.17) is 0 Å². The summed E-state index contributed by atoms with van der Waals surface area (Å²) in [6, 6.07) is 11.2. The van der Waals surface area contributed by atoms with Crippen molar-refractivity contribution in [1.29, 1.82) is 0 Å². The van der Waals surface area contributed by atoms with Gasteiger partial charge in [0.25, 0.3) is 5.91 Å². The van der Waals surface area contributed by atoms with Crippen LogP contribution in [0.2, 0.25) is 0 Å². The molecule has 0 radical (unpaired) electrons. The molecule has 1 unspecified atom stereocenters. The number of benzene rings is 1. The highest BCUT2D eigenvalue weighted by Crippen LogP contribution is 2.28. The number of aromatic nitrogens is 3. The largest absolute Gasteiger partial charge is 0.329 e. The van der Waals surface area contributed by atoms with Crippen LogP contribution < -0.4 is 0 Å². The molecule has 0 fully saturated rings. The van der Waals surface area contributed by atoms with Crippen molar-refractivity contribution in [3.63, 3.8) is 0 Å². The van der Waals surface area contributed by atoms with Gasteiger partial charge in [-0.05, 0) is 36.8 Å². The zero-order chi connectivity index (χ0) is 18.0. The van der Waals surface area contributed by atoms with Crippen LogP contribution in [0.3, 0.4) is 0 Å². The quantitative estimate of drug-likeness (QED) is 0.734. The molecular weight excluding hydrogens is 319 g/mol. The minimum atomic E-state index is -0.496. The first-order valence-electron chi connectivity index (χ1n) is 7.91. The summed E-state index contributed by atoms with van der Waals surface area (Å²) in [5.74, 6) is -0.539. The fourth-order valence-corrected chi connectivity index (χ4v) is 2.82. The number of hydrogen-bond donors (Lipinski definition) is 0. The number of pyridine rings is 1. The Morgan fingerprint density at radius 3 is 2.64 bits per heavy atom. The Kier molecular flexibility index (Phi) is 4.61. The summed E-state index contributed by atoms with van der Waals surface area (Å²) in [4.78, 5) is 18.9. The summed E-state index contributed by atoms with van der Waals surface area (Å²) in [7, 11) is 3.48. The maximum absolute atomic E-state index is 13.8. The lowest BCUT2D eigenvalue weighted by Crippen LogP contribution is -2.32. The zero-order valence-corrected chi connectivity index (χ0v) is 14.3. The van der Waals surface area contributed by atoms with Crippen molar-refractivity contribution in [3.05, 3.63) is 83.2 Å². The van der Waals surface area contributed by atoms with E-state index in [-0.39, 0.29) is 11.7 Å². The average molecular weight is 338 g/mol. The van der Waals surface area contributed by atoms with Crippen LogP contribution in [-0.2, 0) is 7.05 Å². The molecule has 3 aromatic rings. The van der Waals surface area contributed by atoms with E-state index in [1.165, 1.54) is 12.1 Å². The normalized spacial score (nSPS) is 12.0. The van der Waals surface area contributed by atoms with Gasteiger partial charge in [-0.2, -0.15) is 5.10 Å². The van der Waals surface area contributed by atoms with Gasteiger partial charge in [0.05, 0.1) is 23.5 Å². The first-order chi connectivity index (χ1) is 12.0. The smallest absolute Gasteiger partial charge is 0.257 e. The molecule has 0 spiro atoms. The maximum Gasteiger partial charge on any atom is 0.257 e. The van der Waals surface area contributed by atoms with Crippen molar-refractivity contribution < 1.29 is 9.18 Å². The molecule has 1 aromatic carbocycles. The van der Waals surface area contributed by atoms with E-state index in [1.54, 1.807) is 54.3 Å². The van der Waals surface area contributed by atoms with E-state index in [0.29, 0.717) is 16.8 Å². The minimum Gasteiger partial charge on any atom is -0.329 e. The molecule has 0 aliphatic rings.